The number of hydrogen-bond acceptors (Lipinski definition) is 3. The highest BCUT2D eigenvalue weighted by Gasteiger charge is 2.00. The zero-order valence-corrected chi connectivity index (χ0v) is 11.5. The van der Waals surface area contributed by atoms with E-state index < -0.39 is 0 Å². The van der Waals surface area contributed by atoms with E-state index in [2.05, 4.69) is 4.98 Å². The highest BCUT2D eigenvalue weighted by atomic mass is 35.5. The Morgan fingerprint density at radius 2 is 1.80 bits per heavy atom. The minimum absolute atomic E-state index is 0. The Bertz CT molecular complexity index is 715. The second kappa shape index (κ2) is 6.26. The number of phenolic OH excluding ortho intramolecular Hbond substituents is 1. The Hall–Kier alpha value is -2.26. The van der Waals surface area contributed by atoms with E-state index >= 15 is 0 Å². The van der Waals surface area contributed by atoms with Gasteiger partial charge in [0.15, 0.2) is 0 Å². The van der Waals surface area contributed by atoms with Crippen LogP contribution in [0.1, 0.15) is 5.69 Å². The number of phenols is 1. The number of halogens is 1. The molecule has 4 heteroatoms. The largest absolute Gasteiger partial charge is 0.508 e. The molecule has 102 valence electrons. The fraction of sp³-hybridized carbons (Fsp3) is 0.0625. The van der Waals surface area contributed by atoms with Crippen molar-refractivity contribution < 1.29 is 9.84 Å². The summed E-state index contributed by atoms with van der Waals surface area (Å²) >= 11 is 0. The van der Waals surface area contributed by atoms with E-state index in [9.17, 15) is 5.11 Å². The van der Waals surface area contributed by atoms with Gasteiger partial charge in [0.25, 0.3) is 0 Å². The molecule has 0 spiro atoms. The highest BCUT2D eigenvalue weighted by molar-refractivity contribution is 5.85. The van der Waals surface area contributed by atoms with Gasteiger partial charge in [0, 0.05) is 11.5 Å². The van der Waals surface area contributed by atoms with Crippen LogP contribution in [0.15, 0.2) is 60.7 Å². The van der Waals surface area contributed by atoms with Crippen molar-refractivity contribution in [1.29, 1.82) is 0 Å². The van der Waals surface area contributed by atoms with Gasteiger partial charge in [-0.05, 0) is 24.3 Å². The normalized spacial score (nSPS) is 10.0. The zero-order valence-electron chi connectivity index (χ0n) is 10.7. The molecular formula is C16H14ClNO2. The second-order valence-electron chi connectivity index (χ2n) is 4.28. The van der Waals surface area contributed by atoms with Crippen molar-refractivity contribution >= 4 is 23.3 Å². The molecule has 0 radical (unpaired) electrons. The van der Waals surface area contributed by atoms with E-state index in [0.717, 1.165) is 16.6 Å². The van der Waals surface area contributed by atoms with Crippen LogP contribution in [-0.2, 0) is 6.61 Å². The molecule has 0 aliphatic rings. The van der Waals surface area contributed by atoms with Crippen LogP contribution in [0.2, 0.25) is 0 Å². The maximum Gasteiger partial charge on any atom is 0.130 e. The lowest BCUT2D eigenvalue weighted by atomic mass is 10.2. The fourth-order valence-electron chi connectivity index (χ4n) is 1.92. The molecule has 0 saturated heterocycles. The molecule has 0 saturated carbocycles. The van der Waals surface area contributed by atoms with Gasteiger partial charge in [-0.1, -0.05) is 30.3 Å². The molecular weight excluding hydrogens is 274 g/mol. The van der Waals surface area contributed by atoms with E-state index in [1.165, 1.54) is 0 Å². The summed E-state index contributed by atoms with van der Waals surface area (Å²) in [4.78, 5) is 4.53. The highest BCUT2D eigenvalue weighted by Crippen LogP contribution is 2.19. The van der Waals surface area contributed by atoms with Crippen molar-refractivity contribution in [3.8, 4) is 11.5 Å². The third kappa shape index (κ3) is 3.19. The van der Waals surface area contributed by atoms with Crippen LogP contribution in [-0.4, -0.2) is 10.1 Å². The topological polar surface area (TPSA) is 42.4 Å². The zero-order chi connectivity index (χ0) is 13.1. The predicted molar refractivity (Wildman–Crippen MR) is 81.4 cm³/mol. The quantitative estimate of drug-likeness (QED) is 0.793. The average molecular weight is 288 g/mol. The third-order valence-electron chi connectivity index (χ3n) is 2.86. The van der Waals surface area contributed by atoms with Crippen LogP contribution in [0.5, 0.6) is 11.5 Å². The molecule has 3 nitrogen and oxygen atoms in total. The van der Waals surface area contributed by atoms with Gasteiger partial charge in [0.2, 0.25) is 0 Å². The van der Waals surface area contributed by atoms with E-state index in [-0.39, 0.29) is 18.2 Å². The molecule has 2 aromatic carbocycles. The van der Waals surface area contributed by atoms with Crippen LogP contribution >= 0.6 is 12.4 Å². The lowest BCUT2D eigenvalue weighted by Crippen LogP contribution is -1.98. The lowest BCUT2D eigenvalue weighted by Gasteiger charge is -2.06. The summed E-state index contributed by atoms with van der Waals surface area (Å²) in [7, 11) is 0. The monoisotopic (exact) mass is 287 g/mol. The number of pyridine rings is 1. The van der Waals surface area contributed by atoms with Crippen molar-refractivity contribution in [2.75, 3.05) is 0 Å². The summed E-state index contributed by atoms with van der Waals surface area (Å²) in [6.45, 7) is 0.383. The SMILES string of the molecule is Cl.Oc1cccc(OCc2ccc3ccccc3n2)c1. The number of aromatic nitrogens is 1. The van der Waals surface area contributed by atoms with Crippen molar-refractivity contribution in [3.63, 3.8) is 0 Å². The first-order valence-corrected chi connectivity index (χ1v) is 6.08. The maximum absolute atomic E-state index is 9.36. The molecule has 1 N–H and O–H groups in total. The van der Waals surface area contributed by atoms with Crippen molar-refractivity contribution in [3.05, 3.63) is 66.4 Å². The van der Waals surface area contributed by atoms with E-state index in [1.807, 2.05) is 36.4 Å². The van der Waals surface area contributed by atoms with Gasteiger partial charge < -0.3 is 9.84 Å². The van der Waals surface area contributed by atoms with Crippen LogP contribution in [0.25, 0.3) is 10.9 Å². The van der Waals surface area contributed by atoms with Crippen LogP contribution in [0.4, 0.5) is 0 Å². The fourth-order valence-corrected chi connectivity index (χ4v) is 1.92. The first-order valence-electron chi connectivity index (χ1n) is 6.08. The standard InChI is InChI=1S/C16H13NO2.ClH/c18-14-5-3-6-15(10-14)19-11-13-9-8-12-4-1-2-7-16(12)17-13;/h1-10,18H,11H2;1H. The molecule has 0 aliphatic heterocycles. The minimum Gasteiger partial charge on any atom is -0.508 e. The summed E-state index contributed by atoms with van der Waals surface area (Å²) in [5.74, 6) is 0.832. The summed E-state index contributed by atoms with van der Waals surface area (Å²) in [6.07, 6.45) is 0. The predicted octanol–water partition coefficient (Wildman–Crippen LogP) is 3.94. The third-order valence-corrected chi connectivity index (χ3v) is 2.86. The molecule has 0 fully saturated rings. The Labute approximate surface area is 123 Å². The number of nitrogens with zero attached hydrogens (tertiary/aromatic N) is 1. The first-order chi connectivity index (χ1) is 9.31. The van der Waals surface area contributed by atoms with Crippen LogP contribution < -0.4 is 4.74 Å². The molecule has 3 rings (SSSR count). The number of ether oxygens (including phenoxy) is 1. The van der Waals surface area contributed by atoms with Crippen molar-refractivity contribution in [1.82, 2.24) is 4.98 Å². The maximum atomic E-state index is 9.36. The van der Waals surface area contributed by atoms with Gasteiger partial charge in [0.1, 0.15) is 18.1 Å². The van der Waals surface area contributed by atoms with Gasteiger partial charge in [0.05, 0.1) is 11.2 Å². The van der Waals surface area contributed by atoms with E-state index in [0.29, 0.717) is 12.4 Å². The molecule has 0 aliphatic carbocycles. The summed E-state index contributed by atoms with van der Waals surface area (Å²) in [5, 5.41) is 10.5. The molecule has 20 heavy (non-hydrogen) atoms. The molecule has 0 atom stereocenters. The smallest absolute Gasteiger partial charge is 0.130 e. The van der Waals surface area contributed by atoms with E-state index in [4.69, 9.17) is 4.74 Å². The number of benzene rings is 2. The van der Waals surface area contributed by atoms with E-state index in [1.54, 1.807) is 24.3 Å². The molecule has 3 aromatic rings. The molecule has 1 heterocycles. The Morgan fingerprint density at radius 3 is 2.65 bits per heavy atom. The van der Waals surface area contributed by atoms with Crippen molar-refractivity contribution in [2.24, 2.45) is 0 Å². The first kappa shape index (κ1) is 14.2. The lowest BCUT2D eigenvalue weighted by molar-refractivity contribution is 0.300. The summed E-state index contributed by atoms with van der Waals surface area (Å²) in [5.41, 5.74) is 1.82. The Morgan fingerprint density at radius 1 is 0.950 bits per heavy atom. The molecule has 1 aromatic heterocycles. The van der Waals surface area contributed by atoms with Gasteiger partial charge >= 0.3 is 0 Å². The number of fused-ring (bicyclic) bond motifs is 1. The average Bonchev–Trinajstić information content (AvgIpc) is 2.45. The number of aromatic hydroxyl groups is 1. The van der Waals surface area contributed by atoms with Gasteiger partial charge in [-0.15, -0.1) is 12.4 Å². The minimum atomic E-state index is 0. The van der Waals surface area contributed by atoms with Crippen molar-refractivity contribution in [2.45, 2.75) is 6.61 Å². The molecule has 0 amide bonds. The Balaban J connectivity index is 0.00000147. The number of rotatable bonds is 3. The van der Waals surface area contributed by atoms with Gasteiger partial charge in [-0.25, -0.2) is 4.98 Å². The van der Waals surface area contributed by atoms with Gasteiger partial charge in [-0.3, -0.25) is 0 Å². The molecule has 0 bridgehead atoms. The van der Waals surface area contributed by atoms with Crippen LogP contribution in [0.3, 0.4) is 0 Å². The van der Waals surface area contributed by atoms with Gasteiger partial charge in [-0.2, -0.15) is 0 Å². The Kier molecular flexibility index (Phi) is 4.43. The number of hydrogen-bond donors (Lipinski definition) is 1. The number of para-hydroxylation sites is 1. The second-order valence-corrected chi connectivity index (χ2v) is 4.28. The summed E-state index contributed by atoms with van der Waals surface area (Å²) in [6, 6.07) is 18.7. The van der Waals surface area contributed by atoms with Crippen LogP contribution in [0, 0.1) is 0 Å². The molecule has 0 unspecified atom stereocenters. The summed E-state index contributed by atoms with van der Waals surface area (Å²) < 4.78 is 5.60.